The van der Waals surface area contributed by atoms with Crippen molar-refractivity contribution in [1.29, 1.82) is 0 Å². The summed E-state index contributed by atoms with van der Waals surface area (Å²) in [5.74, 6) is 0. The molecule has 1 saturated carbocycles. The van der Waals surface area contributed by atoms with Crippen LogP contribution in [-0.2, 0) is 5.41 Å². The summed E-state index contributed by atoms with van der Waals surface area (Å²) in [4.78, 5) is 0. The first kappa shape index (κ1) is 12.2. The van der Waals surface area contributed by atoms with Crippen molar-refractivity contribution in [1.82, 2.24) is 0 Å². The summed E-state index contributed by atoms with van der Waals surface area (Å²) in [6.07, 6.45) is 1.11. The summed E-state index contributed by atoms with van der Waals surface area (Å²) in [6, 6.07) is 20.6. The molecule has 0 spiro atoms. The molecule has 1 aliphatic rings. The van der Waals surface area contributed by atoms with Crippen molar-refractivity contribution in [3.63, 3.8) is 0 Å². The second-order valence-corrected chi connectivity index (χ2v) is 5.35. The van der Waals surface area contributed by atoms with Crippen LogP contribution in [0.25, 0.3) is 0 Å². The lowest BCUT2D eigenvalue weighted by atomic mass is 9.71. The van der Waals surface area contributed by atoms with Crippen LogP contribution in [0.3, 0.4) is 0 Å². The Hall–Kier alpha value is -1.86. The molecule has 1 heteroatoms. The molecule has 96 valence electrons. The summed E-state index contributed by atoms with van der Waals surface area (Å²) in [5.41, 5.74) is 3.14. The molecule has 1 atom stereocenters. The molecule has 2 aromatic rings. The number of benzene rings is 2. The summed E-state index contributed by atoms with van der Waals surface area (Å²) in [6.45, 7) is 4.09. The minimum absolute atomic E-state index is 0.334. The van der Waals surface area contributed by atoms with E-state index in [1.807, 2.05) is 36.4 Å². The molecule has 1 fully saturated rings. The standard InChI is InChI=1S/C18H18O/c1-14-12-17(19)18(13-14,15-8-4-2-5-9-15)16-10-6-3-7-11-16/h2-11,17,19H,1,12-13H2/t17-/m1/s1. The van der Waals surface area contributed by atoms with Gasteiger partial charge in [0.15, 0.2) is 0 Å². The molecule has 3 rings (SSSR count). The average molecular weight is 250 g/mol. The third-order valence-corrected chi connectivity index (χ3v) is 4.16. The third kappa shape index (κ3) is 1.91. The highest BCUT2D eigenvalue weighted by Gasteiger charge is 2.46. The highest BCUT2D eigenvalue weighted by Crippen LogP contribution is 2.48. The van der Waals surface area contributed by atoms with E-state index in [9.17, 15) is 5.11 Å². The van der Waals surface area contributed by atoms with Gasteiger partial charge in [-0.15, -0.1) is 0 Å². The van der Waals surface area contributed by atoms with Gasteiger partial charge in [-0.25, -0.2) is 0 Å². The Kier molecular flexibility index (Phi) is 3.00. The van der Waals surface area contributed by atoms with Gasteiger partial charge in [0.05, 0.1) is 11.5 Å². The Balaban J connectivity index is 2.20. The van der Waals surface area contributed by atoms with Gasteiger partial charge >= 0.3 is 0 Å². The Morgan fingerprint density at radius 1 is 0.895 bits per heavy atom. The fraction of sp³-hybridized carbons (Fsp3) is 0.222. The Bertz CT molecular complexity index is 532. The fourth-order valence-electron chi connectivity index (χ4n) is 3.26. The van der Waals surface area contributed by atoms with E-state index < -0.39 is 6.10 Å². The van der Waals surface area contributed by atoms with E-state index in [-0.39, 0.29) is 5.41 Å². The zero-order chi connectivity index (χ0) is 13.3. The maximum absolute atomic E-state index is 10.7. The maximum Gasteiger partial charge on any atom is 0.0717 e. The monoisotopic (exact) mass is 250 g/mol. The zero-order valence-electron chi connectivity index (χ0n) is 10.9. The predicted octanol–water partition coefficient (Wildman–Crippen LogP) is 3.68. The topological polar surface area (TPSA) is 20.2 Å². The first-order chi connectivity index (χ1) is 9.23. The van der Waals surface area contributed by atoms with Gasteiger partial charge in [-0.05, 0) is 24.0 Å². The summed E-state index contributed by atoms with van der Waals surface area (Å²) < 4.78 is 0. The normalized spacial score (nSPS) is 21.5. The molecule has 1 N–H and O–H groups in total. The van der Waals surface area contributed by atoms with E-state index in [2.05, 4.69) is 30.8 Å². The third-order valence-electron chi connectivity index (χ3n) is 4.16. The van der Waals surface area contributed by atoms with Crippen LogP contribution in [-0.4, -0.2) is 11.2 Å². The molecule has 0 aliphatic heterocycles. The van der Waals surface area contributed by atoms with Crippen molar-refractivity contribution in [2.75, 3.05) is 0 Å². The molecule has 0 saturated heterocycles. The molecule has 0 bridgehead atoms. The molecule has 0 radical (unpaired) electrons. The molecule has 0 heterocycles. The van der Waals surface area contributed by atoms with Crippen LogP contribution < -0.4 is 0 Å². The van der Waals surface area contributed by atoms with Gasteiger partial charge in [-0.3, -0.25) is 0 Å². The van der Waals surface area contributed by atoms with E-state index in [1.54, 1.807) is 0 Å². The van der Waals surface area contributed by atoms with Crippen LogP contribution in [0, 0.1) is 0 Å². The average Bonchev–Trinajstić information content (AvgIpc) is 2.76. The van der Waals surface area contributed by atoms with Crippen molar-refractivity contribution in [2.24, 2.45) is 0 Å². The second-order valence-electron chi connectivity index (χ2n) is 5.35. The second kappa shape index (κ2) is 4.67. The van der Waals surface area contributed by atoms with Gasteiger partial charge in [-0.1, -0.05) is 72.8 Å². The van der Waals surface area contributed by atoms with Crippen molar-refractivity contribution in [2.45, 2.75) is 24.4 Å². The lowest BCUT2D eigenvalue weighted by Crippen LogP contribution is -2.35. The molecule has 1 aliphatic carbocycles. The van der Waals surface area contributed by atoms with E-state index in [4.69, 9.17) is 0 Å². The maximum atomic E-state index is 10.7. The quantitative estimate of drug-likeness (QED) is 0.806. The van der Waals surface area contributed by atoms with Crippen LogP contribution in [0.5, 0.6) is 0 Å². The molecule has 0 unspecified atom stereocenters. The summed E-state index contributed by atoms with van der Waals surface area (Å²) in [7, 11) is 0. The van der Waals surface area contributed by atoms with E-state index in [0.29, 0.717) is 6.42 Å². The van der Waals surface area contributed by atoms with Gasteiger partial charge in [0.2, 0.25) is 0 Å². The van der Waals surface area contributed by atoms with Gasteiger partial charge < -0.3 is 5.11 Å². The summed E-state index contributed by atoms with van der Waals surface area (Å²) in [5, 5.41) is 10.7. The largest absolute Gasteiger partial charge is 0.392 e. The zero-order valence-corrected chi connectivity index (χ0v) is 10.9. The van der Waals surface area contributed by atoms with E-state index in [0.717, 1.165) is 12.0 Å². The molecule has 0 aromatic heterocycles. The molecule has 19 heavy (non-hydrogen) atoms. The minimum atomic E-state index is -0.398. The van der Waals surface area contributed by atoms with Crippen LogP contribution in [0.15, 0.2) is 72.8 Å². The molecular weight excluding hydrogens is 232 g/mol. The van der Waals surface area contributed by atoms with E-state index in [1.165, 1.54) is 11.1 Å². The van der Waals surface area contributed by atoms with Gasteiger partial charge in [0.1, 0.15) is 0 Å². The lowest BCUT2D eigenvalue weighted by molar-refractivity contribution is 0.128. The van der Waals surface area contributed by atoms with Crippen molar-refractivity contribution < 1.29 is 5.11 Å². The highest BCUT2D eigenvalue weighted by atomic mass is 16.3. The Labute approximate surface area is 114 Å². The van der Waals surface area contributed by atoms with Gasteiger partial charge in [0.25, 0.3) is 0 Å². The van der Waals surface area contributed by atoms with Crippen molar-refractivity contribution in [3.8, 4) is 0 Å². The Morgan fingerprint density at radius 2 is 1.37 bits per heavy atom. The SMILES string of the molecule is C=C1C[C@@H](O)C(c2ccccc2)(c2ccccc2)C1. The first-order valence-electron chi connectivity index (χ1n) is 6.69. The molecule has 0 amide bonds. The van der Waals surface area contributed by atoms with Crippen LogP contribution in [0.2, 0.25) is 0 Å². The van der Waals surface area contributed by atoms with Gasteiger partial charge in [0, 0.05) is 0 Å². The van der Waals surface area contributed by atoms with Crippen LogP contribution in [0.1, 0.15) is 24.0 Å². The Morgan fingerprint density at radius 3 is 1.74 bits per heavy atom. The predicted molar refractivity (Wildman–Crippen MR) is 78.0 cm³/mol. The number of aliphatic hydroxyl groups is 1. The molecule has 1 nitrogen and oxygen atoms in total. The van der Waals surface area contributed by atoms with E-state index >= 15 is 0 Å². The summed E-state index contributed by atoms with van der Waals surface area (Å²) >= 11 is 0. The fourth-order valence-corrected chi connectivity index (χ4v) is 3.26. The number of aliphatic hydroxyl groups excluding tert-OH is 1. The van der Waals surface area contributed by atoms with Crippen LogP contribution >= 0.6 is 0 Å². The van der Waals surface area contributed by atoms with Crippen molar-refractivity contribution >= 4 is 0 Å². The number of rotatable bonds is 2. The highest BCUT2D eigenvalue weighted by molar-refractivity contribution is 5.45. The minimum Gasteiger partial charge on any atom is -0.392 e. The molecule has 2 aromatic carbocycles. The lowest BCUT2D eigenvalue weighted by Gasteiger charge is -2.33. The van der Waals surface area contributed by atoms with Crippen molar-refractivity contribution in [3.05, 3.63) is 83.9 Å². The number of hydrogen-bond acceptors (Lipinski definition) is 1. The van der Waals surface area contributed by atoms with Crippen LogP contribution in [0.4, 0.5) is 0 Å². The van der Waals surface area contributed by atoms with Gasteiger partial charge in [-0.2, -0.15) is 0 Å². The first-order valence-corrected chi connectivity index (χ1v) is 6.69. The molecular formula is C18H18O. The smallest absolute Gasteiger partial charge is 0.0717 e. The number of hydrogen-bond donors (Lipinski definition) is 1.